The summed E-state index contributed by atoms with van der Waals surface area (Å²) >= 11 is 0. The van der Waals surface area contributed by atoms with Crippen molar-refractivity contribution in [3.63, 3.8) is 0 Å². The number of rotatable bonds is 5. The average molecular weight is 391 g/mol. The van der Waals surface area contributed by atoms with Gasteiger partial charge in [0.2, 0.25) is 0 Å². The first-order valence-electron chi connectivity index (χ1n) is 9.45. The van der Waals surface area contributed by atoms with E-state index in [-0.39, 0.29) is 38.6 Å². The number of alkyl halides is 1. The second-order valence-electron chi connectivity index (χ2n) is 7.69. The molecule has 0 unspecified atom stereocenters. The summed E-state index contributed by atoms with van der Waals surface area (Å²) in [6.07, 6.45) is 3.19. The van der Waals surface area contributed by atoms with Gasteiger partial charge in [0.25, 0.3) is 5.91 Å². The van der Waals surface area contributed by atoms with Crippen LogP contribution in [0, 0.1) is 6.92 Å². The molecule has 5 rings (SSSR count). The van der Waals surface area contributed by atoms with E-state index in [2.05, 4.69) is 10.4 Å². The van der Waals surface area contributed by atoms with Gasteiger partial charge in [-0.15, -0.1) is 0 Å². The number of hydrogen-bond donors (Lipinski definition) is 1. The predicted molar refractivity (Wildman–Crippen MR) is 94.8 cm³/mol. The summed E-state index contributed by atoms with van der Waals surface area (Å²) in [6.45, 7) is 3.33. The average Bonchev–Trinajstić information content (AvgIpc) is 3.36. The van der Waals surface area contributed by atoms with Gasteiger partial charge in [0.05, 0.1) is 32.1 Å². The van der Waals surface area contributed by atoms with Gasteiger partial charge in [-0.25, -0.2) is 4.39 Å². The lowest BCUT2D eigenvalue weighted by atomic mass is 9.93. The zero-order chi connectivity index (χ0) is 19.3. The summed E-state index contributed by atoms with van der Waals surface area (Å²) in [4.78, 5) is 12.6. The minimum absolute atomic E-state index is 0.105. The van der Waals surface area contributed by atoms with Crippen molar-refractivity contribution >= 4 is 5.91 Å². The number of fused-ring (bicyclic) bond motifs is 3. The van der Waals surface area contributed by atoms with Gasteiger partial charge in [-0.3, -0.25) is 9.48 Å². The van der Waals surface area contributed by atoms with E-state index in [1.165, 1.54) is 0 Å². The number of aryl methyl sites for hydroxylation is 2. The fraction of sp³-hybridized carbons (Fsp3) is 0.579. The highest BCUT2D eigenvalue weighted by Gasteiger charge is 2.40. The van der Waals surface area contributed by atoms with Crippen molar-refractivity contribution in [3.05, 3.63) is 28.8 Å². The fourth-order valence-corrected chi connectivity index (χ4v) is 3.94. The van der Waals surface area contributed by atoms with Crippen LogP contribution >= 0.6 is 0 Å². The summed E-state index contributed by atoms with van der Waals surface area (Å²) in [5.41, 5.74) is 2.08. The minimum Gasteiger partial charge on any atom is -0.455 e. The van der Waals surface area contributed by atoms with E-state index < -0.39 is 5.67 Å². The lowest BCUT2D eigenvalue weighted by Gasteiger charge is -2.33. The highest BCUT2D eigenvalue weighted by molar-refractivity contribution is 5.95. The summed E-state index contributed by atoms with van der Waals surface area (Å²) in [6, 6.07) is 0. The molecule has 3 aliphatic rings. The van der Waals surface area contributed by atoms with Gasteiger partial charge in [0.15, 0.2) is 11.4 Å². The number of amides is 1. The second-order valence-corrected chi connectivity index (χ2v) is 7.69. The number of aromatic nitrogens is 2. The van der Waals surface area contributed by atoms with Crippen LogP contribution in [0.25, 0.3) is 11.3 Å². The molecule has 1 atom stereocenters. The Morgan fingerprint density at radius 2 is 2.25 bits per heavy atom. The number of hydrogen-bond acceptors (Lipinski definition) is 6. The van der Waals surface area contributed by atoms with Crippen LogP contribution < -0.4 is 5.32 Å². The van der Waals surface area contributed by atoms with E-state index in [0.29, 0.717) is 25.3 Å². The lowest BCUT2D eigenvalue weighted by Crippen LogP contribution is -2.48. The molecule has 1 amide bonds. The van der Waals surface area contributed by atoms with E-state index >= 15 is 0 Å². The first-order valence-corrected chi connectivity index (χ1v) is 9.45. The number of furan rings is 1. The smallest absolute Gasteiger partial charge is 0.287 e. The quantitative estimate of drug-likeness (QED) is 0.829. The Morgan fingerprint density at radius 1 is 1.39 bits per heavy atom. The molecule has 0 saturated carbocycles. The van der Waals surface area contributed by atoms with Gasteiger partial charge in [-0.05, 0) is 18.9 Å². The maximum absolute atomic E-state index is 14.4. The van der Waals surface area contributed by atoms with Crippen LogP contribution in [0.2, 0.25) is 0 Å². The van der Waals surface area contributed by atoms with Gasteiger partial charge in [-0.2, -0.15) is 5.10 Å². The van der Waals surface area contributed by atoms with Crippen LogP contribution in [-0.4, -0.2) is 60.6 Å². The van der Waals surface area contributed by atoms with Crippen molar-refractivity contribution in [2.24, 2.45) is 0 Å². The van der Waals surface area contributed by atoms with Crippen molar-refractivity contribution in [3.8, 4) is 11.3 Å². The maximum Gasteiger partial charge on any atom is 0.287 e. The number of carbonyl (C=O) groups excluding carboxylic acids is 1. The van der Waals surface area contributed by atoms with E-state index in [9.17, 15) is 9.18 Å². The van der Waals surface area contributed by atoms with Crippen molar-refractivity contribution in [2.75, 3.05) is 33.2 Å². The molecular formula is C19H22FN3O5. The monoisotopic (exact) mass is 391 g/mol. The normalized spacial score (nSPS) is 22.4. The molecule has 28 heavy (non-hydrogen) atoms. The molecule has 2 fully saturated rings. The van der Waals surface area contributed by atoms with Crippen LogP contribution in [0.1, 0.15) is 27.4 Å². The Bertz CT molecular complexity index is 911. The Labute approximate surface area is 160 Å². The molecule has 0 radical (unpaired) electrons. The maximum atomic E-state index is 14.4. The molecule has 2 aromatic heterocycles. The molecular weight excluding hydrogens is 369 g/mol. The third-order valence-electron chi connectivity index (χ3n) is 5.47. The minimum atomic E-state index is -1.35. The zero-order valence-corrected chi connectivity index (χ0v) is 15.6. The van der Waals surface area contributed by atoms with E-state index in [1.807, 2.05) is 13.1 Å². The highest BCUT2D eigenvalue weighted by atomic mass is 19.1. The first-order chi connectivity index (χ1) is 13.5. The molecule has 2 aliphatic heterocycles. The van der Waals surface area contributed by atoms with Gasteiger partial charge in [0, 0.05) is 30.3 Å². The molecule has 0 bridgehead atoms. The van der Waals surface area contributed by atoms with Crippen LogP contribution in [0.5, 0.6) is 0 Å². The standard InChI is InChI=1S/C19H22FN3O5/c1-11-15-14(28-17(11)18(24)21-4-13-6-25-10-27-13)3-2-12-5-23(22-16(12)15)7-19(20)8-26-9-19/h5,13H,2-4,6-10H2,1H3,(H,21,24)/t13-/m1/s1. The third-order valence-corrected chi connectivity index (χ3v) is 5.47. The number of nitrogens with zero attached hydrogens (tertiary/aromatic N) is 2. The van der Waals surface area contributed by atoms with E-state index in [0.717, 1.165) is 34.6 Å². The lowest BCUT2D eigenvalue weighted by molar-refractivity contribution is -0.138. The van der Waals surface area contributed by atoms with Gasteiger partial charge in [-0.1, -0.05) is 0 Å². The van der Waals surface area contributed by atoms with Crippen LogP contribution in [0.4, 0.5) is 4.39 Å². The Hall–Kier alpha value is -2.23. The molecule has 150 valence electrons. The van der Waals surface area contributed by atoms with E-state index in [4.69, 9.17) is 18.6 Å². The number of nitrogens with one attached hydrogen (secondary N) is 1. The first kappa shape index (κ1) is 17.8. The second kappa shape index (κ2) is 6.68. The van der Waals surface area contributed by atoms with Crippen LogP contribution in [-0.2, 0) is 33.6 Å². The fourth-order valence-electron chi connectivity index (χ4n) is 3.94. The van der Waals surface area contributed by atoms with Crippen LogP contribution in [0.15, 0.2) is 10.6 Å². The SMILES string of the molecule is Cc1c(C(=O)NC[C@@H]2COCO2)oc2c1-c1nn(CC3(F)COC3)cc1CC2. The molecule has 0 spiro atoms. The Balaban J connectivity index is 1.37. The summed E-state index contributed by atoms with van der Waals surface area (Å²) in [5, 5.41) is 7.43. The molecule has 2 aromatic rings. The summed E-state index contributed by atoms with van der Waals surface area (Å²) in [7, 11) is 0. The third kappa shape index (κ3) is 3.03. The largest absolute Gasteiger partial charge is 0.455 e. The van der Waals surface area contributed by atoms with Gasteiger partial charge in [0.1, 0.15) is 18.7 Å². The number of carbonyl (C=O) groups is 1. The van der Waals surface area contributed by atoms with Crippen molar-refractivity contribution in [1.82, 2.24) is 15.1 Å². The van der Waals surface area contributed by atoms with Crippen molar-refractivity contribution in [2.45, 2.75) is 38.1 Å². The van der Waals surface area contributed by atoms with E-state index in [1.54, 1.807) is 4.68 Å². The molecule has 4 heterocycles. The Morgan fingerprint density at radius 3 is 2.96 bits per heavy atom. The highest BCUT2D eigenvalue weighted by Crippen LogP contribution is 2.38. The molecule has 2 saturated heterocycles. The van der Waals surface area contributed by atoms with Gasteiger partial charge >= 0.3 is 0 Å². The molecule has 1 N–H and O–H groups in total. The number of ether oxygens (including phenoxy) is 3. The van der Waals surface area contributed by atoms with Crippen LogP contribution in [0.3, 0.4) is 0 Å². The zero-order valence-electron chi connectivity index (χ0n) is 15.6. The molecule has 1 aliphatic carbocycles. The van der Waals surface area contributed by atoms with Crippen molar-refractivity contribution in [1.29, 1.82) is 0 Å². The topological polar surface area (TPSA) is 87.8 Å². The molecule has 0 aromatic carbocycles. The summed E-state index contributed by atoms with van der Waals surface area (Å²) in [5.74, 6) is 0.765. The van der Waals surface area contributed by atoms with Crippen molar-refractivity contribution < 1.29 is 27.8 Å². The number of halogens is 1. The van der Waals surface area contributed by atoms with Gasteiger partial charge < -0.3 is 23.9 Å². The Kier molecular flexibility index (Phi) is 4.26. The molecule has 8 nitrogen and oxygen atoms in total. The molecule has 9 heteroatoms. The summed E-state index contributed by atoms with van der Waals surface area (Å²) < 4.78 is 37.4. The predicted octanol–water partition coefficient (Wildman–Crippen LogP) is 1.39.